The molecule has 0 bridgehead atoms. The van der Waals surface area contributed by atoms with Crippen LogP contribution in [-0.2, 0) is 11.3 Å². The van der Waals surface area contributed by atoms with Gasteiger partial charge in [0, 0.05) is 50.5 Å². The lowest BCUT2D eigenvalue weighted by molar-refractivity contribution is -0.384. The summed E-state index contributed by atoms with van der Waals surface area (Å²) in [5.74, 6) is -0.298. The van der Waals surface area contributed by atoms with Crippen molar-refractivity contribution >= 4 is 17.3 Å². The molecule has 0 aromatic heterocycles. The smallest absolute Gasteiger partial charge is 0.269 e. The second-order valence-electron chi connectivity index (χ2n) is 6.87. The standard InChI is InChI=1S/C20H23FN4O4/c1-29-19-7-2-15(12-18(19)21)13-23-8-10-24(11-9-23)14-20(26)22-16-3-5-17(6-4-16)25(27)28/h2-7,12H,8-11,13-14H2,1H3,(H,22,26). The number of nitro benzene ring substituents is 1. The minimum absolute atomic E-state index is 0.0177. The maximum Gasteiger partial charge on any atom is 0.269 e. The predicted molar refractivity (Wildman–Crippen MR) is 106 cm³/mol. The largest absolute Gasteiger partial charge is 0.494 e. The Morgan fingerprint density at radius 3 is 2.38 bits per heavy atom. The Hall–Kier alpha value is -3.04. The third-order valence-electron chi connectivity index (χ3n) is 4.82. The van der Waals surface area contributed by atoms with Crippen molar-refractivity contribution in [2.75, 3.05) is 45.2 Å². The van der Waals surface area contributed by atoms with Gasteiger partial charge in [-0.05, 0) is 29.8 Å². The number of benzene rings is 2. The van der Waals surface area contributed by atoms with Gasteiger partial charge in [0.25, 0.3) is 5.69 Å². The molecule has 1 fully saturated rings. The molecule has 154 valence electrons. The maximum absolute atomic E-state index is 13.8. The molecular formula is C20H23FN4O4. The number of piperazine rings is 1. The van der Waals surface area contributed by atoms with Crippen molar-refractivity contribution < 1.29 is 18.8 Å². The monoisotopic (exact) mass is 402 g/mol. The van der Waals surface area contributed by atoms with Crippen molar-refractivity contribution in [3.63, 3.8) is 0 Å². The molecule has 0 aliphatic carbocycles. The number of hydrogen-bond acceptors (Lipinski definition) is 6. The molecule has 0 atom stereocenters. The molecule has 9 heteroatoms. The summed E-state index contributed by atoms with van der Waals surface area (Å²) in [6.45, 7) is 3.90. The van der Waals surface area contributed by atoms with Gasteiger partial charge in [0.05, 0.1) is 18.6 Å². The maximum atomic E-state index is 13.8. The topological polar surface area (TPSA) is 88.0 Å². The van der Waals surface area contributed by atoms with Crippen molar-refractivity contribution in [3.8, 4) is 5.75 Å². The molecule has 0 unspecified atom stereocenters. The van der Waals surface area contributed by atoms with Crippen LogP contribution in [0.4, 0.5) is 15.8 Å². The zero-order valence-corrected chi connectivity index (χ0v) is 16.1. The van der Waals surface area contributed by atoms with Gasteiger partial charge in [0.15, 0.2) is 11.6 Å². The SMILES string of the molecule is COc1ccc(CN2CCN(CC(=O)Nc3ccc([N+](=O)[O-])cc3)CC2)cc1F. The first kappa shape index (κ1) is 20.7. The van der Waals surface area contributed by atoms with Gasteiger partial charge in [-0.1, -0.05) is 6.07 Å². The average Bonchev–Trinajstić information content (AvgIpc) is 2.70. The Kier molecular flexibility index (Phi) is 6.73. The van der Waals surface area contributed by atoms with E-state index in [2.05, 4.69) is 10.2 Å². The third-order valence-corrected chi connectivity index (χ3v) is 4.82. The van der Waals surface area contributed by atoms with Crippen LogP contribution >= 0.6 is 0 Å². The van der Waals surface area contributed by atoms with E-state index < -0.39 is 4.92 Å². The molecule has 1 aliphatic heterocycles. The van der Waals surface area contributed by atoms with Crippen molar-refractivity contribution in [2.45, 2.75) is 6.54 Å². The van der Waals surface area contributed by atoms with E-state index >= 15 is 0 Å². The molecule has 1 aliphatic rings. The van der Waals surface area contributed by atoms with Gasteiger partial charge in [0.1, 0.15) is 0 Å². The summed E-state index contributed by atoms with van der Waals surface area (Å²) >= 11 is 0. The Bertz CT molecular complexity index is 867. The molecule has 8 nitrogen and oxygen atoms in total. The molecule has 1 amide bonds. The summed E-state index contributed by atoms with van der Waals surface area (Å²) in [6, 6.07) is 10.7. The number of carbonyl (C=O) groups is 1. The van der Waals surface area contributed by atoms with Gasteiger partial charge < -0.3 is 10.1 Å². The number of halogens is 1. The first-order chi connectivity index (χ1) is 13.9. The van der Waals surface area contributed by atoms with E-state index in [-0.39, 0.29) is 29.7 Å². The molecule has 1 heterocycles. The van der Waals surface area contributed by atoms with Crippen LogP contribution in [0.2, 0.25) is 0 Å². The molecule has 0 radical (unpaired) electrons. The molecule has 3 rings (SSSR count). The molecular weight excluding hydrogens is 379 g/mol. The Morgan fingerprint density at radius 2 is 1.79 bits per heavy atom. The summed E-state index contributed by atoms with van der Waals surface area (Å²) in [5, 5.41) is 13.4. The molecule has 29 heavy (non-hydrogen) atoms. The molecule has 0 saturated carbocycles. The van der Waals surface area contributed by atoms with Gasteiger partial charge in [-0.15, -0.1) is 0 Å². The predicted octanol–water partition coefficient (Wildman–Crippen LogP) is 2.50. The number of nitrogens with one attached hydrogen (secondary N) is 1. The number of amides is 1. The van der Waals surface area contributed by atoms with Gasteiger partial charge >= 0.3 is 0 Å². The lowest BCUT2D eigenvalue weighted by Crippen LogP contribution is -2.48. The zero-order chi connectivity index (χ0) is 20.8. The summed E-state index contributed by atoms with van der Waals surface area (Å²) in [4.78, 5) is 26.7. The van der Waals surface area contributed by atoms with Crippen LogP contribution in [0.1, 0.15) is 5.56 Å². The molecule has 1 N–H and O–H groups in total. The van der Waals surface area contributed by atoms with E-state index in [4.69, 9.17) is 4.74 Å². The fourth-order valence-corrected chi connectivity index (χ4v) is 3.24. The second-order valence-corrected chi connectivity index (χ2v) is 6.87. The van der Waals surface area contributed by atoms with Crippen LogP contribution in [0, 0.1) is 15.9 Å². The lowest BCUT2D eigenvalue weighted by Gasteiger charge is -2.34. The first-order valence-electron chi connectivity index (χ1n) is 9.26. The van der Waals surface area contributed by atoms with E-state index in [1.807, 2.05) is 11.0 Å². The quantitative estimate of drug-likeness (QED) is 0.566. The fourth-order valence-electron chi connectivity index (χ4n) is 3.24. The number of rotatable bonds is 7. The van der Waals surface area contributed by atoms with E-state index in [0.29, 0.717) is 12.2 Å². The van der Waals surface area contributed by atoms with Gasteiger partial charge in [-0.3, -0.25) is 24.7 Å². The van der Waals surface area contributed by atoms with Crippen molar-refractivity contribution in [1.29, 1.82) is 0 Å². The molecule has 2 aromatic carbocycles. The summed E-state index contributed by atoms with van der Waals surface area (Å²) in [5.41, 5.74) is 1.39. The summed E-state index contributed by atoms with van der Waals surface area (Å²) in [7, 11) is 1.44. The highest BCUT2D eigenvalue weighted by Gasteiger charge is 2.19. The highest BCUT2D eigenvalue weighted by atomic mass is 19.1. The zero-order valence-electron chi connectivity index (χ0n) is 16.1. The number of nitrogens with zero attached hydrogens (tertiary/aromatic N) is 3. The molecule has 1 saturated heterocycles. The van der Waals surface area contributed by atoms with Crippen LogP contribution in [-0.4, -0.2) is 60.5 Å². The minimum atomic E-state index is -0.481. The number of methoxy groups -OCH3 is 1. The number of non-ortho nitro benzene ring substituents is 1. The van der Waals surface area contributed by atoms with Crippen molar-refractivity contribution in [3.05, 3.63) is 64.0 Å². The van der Waals surface area contributed by atoms with Crippen LogP contribution in [0.5, 0.6) is 5.75 Å². The number of anilines is 1. The minimum Gasteiger partial charge on any atom is -0.494 e. The van der Waals surface area contributed by atoms with Crippen molar-refractivity contribution in [2.24, 2.45) is 0 Å². The van der Waals surface area contributed by atoms with Crippen molar-refractivity contribution in [1.82, 2.24) is 9.80 Å². The Balaban J connectivity index is 1.43. The summed E-state index contributed by atoms with van der Waals surface area (Å²) < 4.78 is 18.8. The van der Waals surface area contributed by atoms with E-state index in [1.165, 1.54) is 37.4 Å². The van der Waals surface area contributed by atoms with Crippen LogP contribution < -0.4 is 10.1 Å². The molecule has 0 spiro atoms. The second kappa shape index (κ2) is 9.44. The van der Waals surface area contributed by atoms with E-state index in [9.17, 15) is 19.3 Å². The van der Waals surface area contributed by atoms with Gasteiger partial charge in [-0.25, -0.2) is 4.39 Å². The van der Waals surface area contributed by atoms with E-state index in [0.717, 1.165) is 31.7 Å². The number of hydrogen-bond donors (Lipinski definition) is 1. The average molecular weight is 402 g/mol. The van der Waals surface area contributed by atoms with Crippen LogP contribution in [0.15, 0.2) is 42.5 Å². The first-order valence-corrected chi connectivity index (χ1v) is 9.26. The Labute approximate surface area is 168 Å². The highest BCUT2D eigenvalue weighted by molar-refractivity contribution is 5.92. The Morgan fingerprint density at radius 1 is 1.14 bits per heavy atom. The highest BCUT2D eigenvalue weighted by Crippen LogP contribution is 2.19. The van der Waals surface area contributed by atoms with E-state index in [1.54, 1.807) is 6.07 Å². The fraction of sp³-hybridized carbons (Fsp3) is 0.350. The number of nitro groups is 1. The number of carbonyl (C=O) groups excluding carboxylic acids is 1. The number of ether oxygens (including phenoxy) is 1. The summed E-state index contributed by atoms with van der Waals surface area (Å²) in [6.07, 6.45) is 0. The third kappa shape index (κ3) is 5.72. The normalized spacial score (nSPS) is 15.1. The molecule has 2 aromatic rings. The van der Waals surface area contributed by atoms with Crippen LogP contribution in [0.3, 0.4) is 0 Å². The van der Waals surface area contributed by atoms with Gasteiger partial charge in [0.2, 0.25) is 5.91 Å². The van der Waals surface area contributed by atoms with Crippen LogP contribution in [0.25, 0.3) is 0 Å². The van der Waals surface area contributed by atoms with Gasteiger partial charge in [-0.2, -0.15) is 0 Å². The lowest BCUT2D eigenvalue weighted by atomic mass is 10.2.